The fraction of sp³-hybridized carbons (Fsp3) is 0.250. The highest BCUT2D eigenvalue weighted by molar-refractivity contribution is 6.02. The number of nitrogens with zero attached hydrogens (tertiary/aromatic N) is 3. The minimum absolute atomic E-state index is 0.0162. The second-order valence-electron chi connectivity index (χ2n) is 6.63. The van der Waals surface area contributed by atoms with Crippen LogP contribution >= 0.6 is 0 Å². The van der Waals surface area contributed by atoms with E-state index in [9.17, 15) is 19.3 Å². The SMILES string of the molecule is CN1CCN(c2ccc(NC(=O)/C=C/c3ccc([N+](=O)[O-])cc3)cc2F)CC1. The maximum absolute atomic E-state index is 14.5. The molecule has 146 valence electrons. The minimum atomic E-state index is -0.486. The molecule has 0 spiro atoms. The fourth-order valence-electron chi connectivity index (χ4n) is 2.95. The number of nitro benzene ring substituents is 1. The summed E-state index contributed by atoms with van der Waals surface area (Å²) >= 11 is 0. The lowest BCUT2D eigenvalue weighted by molar-refractivity contribution is -0.384. The predicted molar refractivity (Wildman–Crippen MR) is 107 cm³/mol. The van der Waals surface area contributed by atoms with E-state index in [1.165, 1.54) is 30.4 Å². The summed E-state index contributed by atoms with van der Waals surface area (Å²) in [6, 6.07) is 10.5. The number of rotatable bonds is 5. The molecule has 7 nitrogen and oxygen atoms in total. The number of likely N-dealkylation sites (N-methyl/N-ethyl adjacent to an activating group) is 1. The lowest BCUT2D eigenvalue weighted by atomic mass is 10.2. The van der Waals surface area contributed by atoms with Crippen LogP contribution < -0.4 is 10.2 Å². The summed E-state index contributed by atoms with van der Waals surface area (Å²) in [6.45, 7) is 3.28. The van der Waals surface area contributed by atoms with E-state index in [2.05, 4.69) is 10.2 Å². The van der Waals surface area contributed by atoms with E-state index in [0.29, 0.717) is 16.9 Å². The quantitative estimate of drug-likeness (QED) is 0.487. The van der Waals surface area contributed by atoms with E-state index in [0.717, 1.165) is 26.2 Å². The van der Waals surface area contributed by atoms with Crippen LogP contribution in [0.3, 0.4) is 0 Å². The van der Waals surface area contributed by atoms with Crippen LogP contribution in [0.5, 0.6) is 0 Å². The molecule has 1 saturated heterocycles. The molecular formula is C20H21FN4O3. The first-order valence-corrected chi connectivity index (χ1v) is 8.89. The van der Waals surface area contributed by atoms with E-state index >= 15 is 0 Å². The highest BCUT2D eigenvalue weighted by atomic mass is 19.1. The number of nitro groups is 1. The molecule has 2 aromatic rings. The number of hydrogen-bond donors (Lipinski definition) is 1. The van der Waals surface area contributed by atoms with Crippen LogP contribution in [0.1, 0.15) is 5.56 Å². The largest absolute Gasteiger partial charge is 0.367 e. The predicted octanol–water partition coefficient (Wildman–Crippen LogP) is 3.14. The molecule has 0 radical (unpaired) electrons. The van der Waals surface area contributed by atoms with Gasteiger partial charge in [-0.1, -0.05) is 0 Å². The normalized spacial score (nSPS) is 15.0. The van der Waals surface area contributed by atoms with Crippen molar-refractivity contribution in [3.8, 4) is 0 Å². The summed E-state index contributed by atoms with van der Waals surface area (Å²) in [5.41, 5.74) is 1.54. The van der Waals surface area contributed by atoms with Crippen molar-refractivity contribution >= 4 is 29.0 Å². The van der Waals surface area contributed by atoms with Gasteiger partial charge in [0.1, 0.15) is 5.82 Å². The maximum Gasteiger partial charge on any atom is 0.269 e. The van der Waals surface area contributed by atoms with E-state index in [-0.39, 0.29) is 11.5 Å². The zero-order chi connectivity index (χ0) is 20.1. The zero-order valence-corrected chi connectivity index (χ0v) is 15.5. The second-order valence-corrected chi connectivity index (χ2v) is 6.63. The van der Waals surface area contributed by atoms with Gasteiger partial charge in [0.25, 0.3) is 5.69 Å². The fourth-order valence-corrected chi connectivity index (χ4v) is 2.95. The molecule has 1 aliphatic rings. The number of anilines is 2. The summed E-state index contributed by atoms with van der Waals surface area (Å²) in [4.78, 5) is 26.4. The molecule has 0 aromatic heterocycles. The van der Waals surface area contributed by atoms with E-state index in [1.54, 1.807) is 24.3 Å². The molecule has 1 aliphatic heterocycles. The number of benzene rings is 2. The van der Waals surface area contributed by atoms with Crippen molar-refractivity contribution in [3.63, 3.8) is 0 Å². The standard InChI is InChI=1S/C20H21FN4O3/c1-23-10-12-24(13-11-23)19-8-5-16(14-18(19)21)22-20(26)9-4-15-2-6-17(7-3-15)25(27)28/h2-9,14H,10-13H2,1H3,(H,22,26)/b9-4+. The van der Waals surface area contributed by atoms with Crippen LogP contribution in [0.4, 0.5) is 21.5 Å². The molecule has 2 aromatic carbocycles. The number of non-ortho nitro benzene ring substituents is 1. The summed E-state index contributed by atoms with van der Waals surface area (Å²) < 4.78 is 14.5. The number of halogens is 1. The van der Waals surface area contributed by atoms with Crippen molar-refractivity contribution in [2.45, 2.75) is 0 Å². The van der Waals surface area contributed by atoms with Gasteiger partial charge in [0.15, 0.2) is 0 Å². The van der Waals surface area contributed by atoms with Crippen LogP contribution in [0.2, 0.25) is 0 Å². The number of amides is 1. The Hall–Kier alpha value is -3.26. The van der Waals surface area contributed by atoms with Crippen molar-refractivity contribution in [1.82, 2.24) is 4.90 Å². The number of piperazine rings is 1. The van der Waals surface area contributed by atoms with Gasteiger partial charge in [-0.15, -0.1) is 0 Å². The first-order chi connectivity index (χ1) is 13.4. The third-order valence-corrected chi connectivity index (χ3v) is 4.59. The van der Waals surface area contributed by atoms with Crippen molar-refractivity contribution in [3.05, 3.63) is 70.0 Å². The number of carbonyl (C=O) groups is 1. The molecule has 8 heteroatoms. The minimum Gasteiger partial charge on any atom is -0.367 e. The molecular weight excluding hydrogens is 363 g/mol. The molecule has 0 atom stereocenters. The van der Waals surface area contributed by atoms with Gasteiger partial charge in [0.05, 0.1) is 10.6 Å². The highest BCUT2D eigenvalue weighted by Crippen LogP contribution is 2.24. The maximum atomic E-state index is 14.5. The number of hydrogen-bond acceptors (Lipinski definition) is 5. The van der Waals surface area contributed by atoms with Crippen molar-refractivity contribution in [1.29, 1.82) is 0 Å². The molecule has 1 heterocycles. The molecule has 28 heavy (non-hydrogen) atoms. The Labute approximate surface area is 162 Å². The molecule has 3 rings (SSSR count). The van der Waals surface area contributed by atoms with Gasteiger partial charge in [-0.2, -0.15) is 0 Å². The average molecular weight is 384 g/mol. The Morgan fingerprint density at radius 2 is 1.82 bits per heavy atom. The Bertz CT molecular complexity index is 891. The molecule has 1 fully saturated rings. The Morgan fingerprint density at radius 1 is 1.14 bits per heavy atom. The van der Waals surface area contributed by atoms with Crippen molar-refractivity contribution < 1.29 is 14.1 Å². The third-order valence-electron chi connectivity index (χ3n) is 4.59. The smallest absolute Gasteiger partial charge is 0.269 e. The van der Waals surface area contributed by atoms with Gasteiger partial charge in [0.2, 0.25) is 5.91 Å². The lowest BCUT2D eigenvalue weighted by Gasteiger charge is -2.34. The highest BCUT2D eigenvalue weighted by Gasteiger charge is 2.17. The van der Waals surface area contributed by atoms with Crippen molar-refractivity contribution in [2.75, 3.05) is 43.4 Å². The van der Waals surface area contributed by atoms with Crippen LogP contribution in [0, 0.1) is 15.9 Å². The molecule has 1 amide bonds. The average Bonchev–Trinajstić information content (AvgIpc) is 2.68. The van der Waals surface area contributed by atoms with Crippen LogP contribution in [-0.4, -0.2) is 49.0 Å². The van der Waals surface area contributed by atoms with Gasteiger partial charge in [0, 0.05) is 50.1 Å². The Morgan fingerprint density at radius 3 is 2.43 bits per heavy atom. The number of nitrogens with one attached hydrogen (secondary N) is 1. The van der Waals surface area contributed by atoms with Crippen LogP contribution in [0.15, 0.2) is 48.5 Å². The first-order valence-electron chi connectivity index (χ1n) is 8.89. The molecule has 0 saturated carbocycles. The topological polar surface area (TPSA) is 78.7 Å². The van der Waals surface area contributed by atoms with E-state index < -0.39 is 10.8 Å². The van der Waals surface area contributed by atoms with Crippen LogP contribution in [-0.2, 0) is 4.79 Å². The van der Waals surface area contributed by atoms with E-state index in [4.69, 9.17) is 0 Å². The van der Waals surface area contributed by atoms with E-state index in [1.807, 2.05) is 11.9 Å². The third kappa shape index (κ3) is 4.92. The molecule has 1 N–H and O–H groups in total. The van der Waals surface area contributed by atoms with Gasteiger partial charge in [-0.25, -0.2) is 4.39 Å². The van der Waals surface area contributed by atoms with Crippen LogP contribution in [0.25, 0.3) is 6.08 Å². The summed E-state index contributed by atoms with van der Waals surface area (Å²) in [7, 11) is 2.04. The summed E-state index contributed by atoms with van der Waals surface area (Å²) in [6.07, 6.45) is 2.83. The Kier molecular flexibility index (Phi) is 6.00. The Balaban J connectivity index is 1.60. The van der Waals surface area contributed by atoms with Gasteiger partial charge < -0.3 is 15.1 Å². The number of carbonyl (C=O) groups excluding carboxylic acids is 1. The lowest BCUT2D eigenvalue weighted by Crippen LogP contribution is -2.44. The summed E-state index contributed by atoms with van der Waals surface area (Å²) in [5, 5.41) is 13.3. The first kappa shape index (κ1) is 19.5. The molecule has 0 unspecified atom stereocenters. The monoisotopic (exact) mass is 384 g/mol. The summed E-state index contributed by atoms with van der Waals surface area (Å²) in [5.74, 6) is -0.785. The molecule has 0 aliphatic carbocycles. The van der Waals surface area contributed by atoms with Gasteiger partial charge in [-0.3, -0.25) is 14.9 Å². The van der Waals surface area contributed by atoms with Gasteiger partial charge in [-0.05, 0) is 49.0 Å². The zero-order valence-electron chi connectivity index (χ0n) is 15.5. The van der Waals surface area contributed by atoms with Gasteiger partial charge >= 0.3 is 0 Å². The van der Waals surface area contributed by atoms with Crippen molar-refractivity contribution in [2.24, 2.45) is 0 Å². The second kappa shape index (κ2) is 8.62. The molecule has 0 bridgehead atoms.